The summed E-state index contributed by atoms with van der Waals surface area (Å²) in [4.78, 5) is 12.5. The van der Waals surface area contributed by atoms with Crippen molar-refractivity contribution in [2.24, 2.45) is 0 Å². The zero-order chi connectivity index (χ0) is 18.0. The number of aromatic nitrogens is 1. The lowest BCUT2D eigenvalue weighted by molar-refractivity contribution is 0.0472. The molecule has 0 saturated heterocycles. The summed E-state index contributed by atoms with van der Waals surface area (Å²) < 4.78 is 7.47. The van der Waals surface area contributed by atoms with Crippen molar-refractivity contribution in [1.29, 1.82) is 0 Å². The van der Waals surface area contributed by atoms with Crippen LogP contribution < -0.4 is 0 Å². The largest absolute Gasteiger partial charge is 0.457 e. The summed E-state index contributed by atoms with van der Waals surface area (Å²) in [6.45, 7) is 3.90. The number of carbonyl (C=O) groups is 1. The molecular formula is C20H17Cl2NO2. The van der Waals surface area contributed by atoms with Crippen molar-refractivity contribution >= 4 is 29.2 Å². The van der Waals surface area contributed by atoms with Gasteiger partial charge >= 0.3 is 5.97 Å². The molecule has 0 spiro atoms. The van der Waals surface area contributed by atoms with Crippen LogP contribution in [0.4, 0.5) is 0 Å². The Kier molecular flexibility index (Phi) is 5.16. The van der Waals surface area contributed by atoms with Crippen LogP contribution in [-0.2, 0) is 11.3 Å². The summed E-state index contributed by atoms with van der Waals surface area (Å²) in [5.74, 6) is -0.397. The average Bonchev–Trinajstić information content (AvgIpc) is 2.89. The van der Waals surface area contributed by atoms with Crippen LogP contribution in [0.5, 0.6) is 0 Å². The summed E-state index contributed by atoms with van der Waals surface area (Å²) in [7, 11) is 0. The number of benzene rings is 2. The lowest BCUT2D eigenvalue weighted by Gasteiger charge is -2.10. The lowest BCUT2D eigenvalue weighted by atomic mass is 10.2. The van der Waals surface area contributed by atoms with Crippen LogP contribution in [-0.4, -0.2) is 10.5 Å². The Hall–Kier alpha value is -2.23. The number of esters is 1. The molecule has 5 heteroatoms. The van der Waals surface area contributed by atoms with Gasteiger partial charge in [0.25, 0.3) is 0 Å². The maximum atomic E-state index is 12.5. The highest BCUT2D eigenvalue weighted by molar-refractivity contribution is 6.35. The third kappa shape index (κ3) is 3.58. The lowest BCUT2D eigenvalue weighted by Crippen LogP contribution is -2.08. The zero-order valence-corrected chi connectivity index (χ0v) is 15.4. The first-order valence-corrected chi connectivity index (χ1v) is 8.59. The van der Waals surface area contributed by atoms with E-state index >= 15 is 0 Å². The van der Waals surface area contributed by atoms with E-state index < -0.39 is 5.97 Å². The van der Waals surface area contributed by atoms with E-state index in [-0.39, 0.29) is 6.61 Å². The smallest absolute Gasteiger partial charge is 0.340 e. The minimum absolute atomic E-state index is 0.0341. The Bertz CT molecular complexity index is 897. The van der Waals surface area contributed by atoms with Crippen molar-refractivity contribution in [2.45, 2.75) is 20.5 Å². The molecule has 1 aromatic heterocycles. The SMILES string of the molecule is Cc1cc(C(=O)OCc2c(Cl)cccc2Cl)c(C)n1-c1ccccc1. The number of aryl methyl sites for hydroxylation is 1. The van der Waals surface area contributed by atoms with Crippen LogP contribution in [0.1, 0.15) is 27.3 Å². The third-order valence-corrected chi connectivity index (χ3v) is 4.78. The quantitative estimate of drug-likeness (QED) is 0.544. The predicted octanol–water partition coefficient (Wildman–Crippen LogP) is 5.76. The Labute approximate surface area is 156 Å². The maximum Gasteiger partial charge on any atom is 0.340 e. The second kappa shape index (κ2) is 7.34. The van der Waals surface area contributed by atoms with Gasteiger partial charge in [-0.1, -0.05) is 47.5 Å². The van der Waals surface area contributed by atoms with E-state index in [1.54, 1.807) is 18.2 Å². The van der Waals surface area contributed by atoms with Crippen molar-refractivity contribution < 1.29 is 9.53 Å². The highest BCUT2D eigenvalue weighted by atomic mass is 35.5. The molecule has 0 aliphatic heterocycles. The molecule has 0 atom stereocenters. The van der Waals surface area contributed by atoms with Gasteiger partial charge in [0.2, 0.25) is 0 Å². The van der Waals surface area contributed by atoms with Gasteiger partial charge in [-0.05, 0) is 44.2 Å². The van der Waals surface area contributed by atoms with E-state index in [4.69, 9.17) is 27.9 Å². The molecule has 1 heterocycles. The molecule has 0 N–H and O–H groups in total. The monoisotopic (exact) mass is 373 g/mol. The van der Waals surface area contributed by atoms with Crippen LogP contribution in [0.3, 0.4) is 0 Å². The van der Waals surface area contributed by atoms with Gasteiger partial charge in [0.15, 0.2) is 0 Å². The van der Waals surface area contributed by atoms with E-state index in [1.807, 2.05) is 54.8 Å². The van der Waals surface area contributed by atoms with Gasteiger partial charge in [0.1, 0.15) is 6.61 Å². The Morgan fingerprint density at radius 2 is 1.64 bits per heavy atom. The molecule has 0 fully saturated rings. The number of hydrogen-bond donors (Lipinski definition) is 0. The summed E-state index contributed by atoms with van der Waals surface area (Å²) >= 11 is 12.2. The van der Waals surface area contributed by atoms with Crippen molar-refractivity contribution in [3.63, 3.8) is 0 Å². The van der Waals surface area contributed by atoms with Crippen LogP contribution in [0.15, 0.2) is 54.6 Å². The van der Waals surface area contributed by atoms with Crippen LogP contribution in [0, 0.1) is 13.8 Å². The summed E-state index contributed by atoms with van der Waals surface area (Å²) in [5, 5.41) is 0.963. The Morgan fingerprint density at radius 3 is 2.28 bits per heavy atom. The molecule has 2 aromatic carbocycles. The van der Waals surface area contributed by atoms with Gasteiger partial charge in [-0.25, -0.2) is 4.79 Å². The van der Waals surface area contributed by atoms with Gasteiger partial charge in [-0.2, -0.15) is 0 Å². The van der Waals surface area contributed by atoms with Gasteiger partial charge < -0.3 is 9.30 Å². The molecule has 25 heavy (non-hydrogen) atoms. The minimum Gasteiger partial charge on any atom is -0.457 e. The number of para-hydroxylation sites is 1. The molecule has 0 aliphatic rings. The topological polar surface area (TPSA) is 31.2 Å². The number of halogens is 2. The van der Waals surface area contributed by atoms with Gasteiger partial charge in [-0.15, -0.1) is 0 Å². The molecular weight excluding hydrogens is 357 g/mol. The van der Waals surface area contributed by atoms with Gasteiger partial charge in [0, 0.05) is 32.7 Å². The summed E-state index contributed by atoms with van der Waals surface area (Å²) in [6.07, 6.45) is 0. The number of hydrogen-bond acceptors (Lipinski definition) is 2. The second-order valence-electron chi connectivity index (χ2n) is 5.73. The van der Waals surface area contributed by atoms with Gasteiger partial charge in [-0.3, -0.25) is 0 Å². The fraction of sp³-hybridized carbons (Fsp3) is 0.150. The maximum absolute atomic E-state index is 12.5. The van der Waals surface area contributed by atoms with E-state index in [9.17, 15) is 4.79 Å². The number of carbonyl (C=O) groups excluding carboxylic acids is 1. The Morgan fingerprint density at radius 1 is 1.00 bits per heavy atom. The van der Waals surface area contributed by atoms with E-state index in [0.29, 0.717) is 21.2 Å². The first-order chi connectivity index (χ1) is 12.0. The minimum atomic E-state index is -0.397. The molecule has 3 rings (SSSR count). The zero-order valence-electron chi connectivity index (χ0n) is 13.9. The van der Waals surface area contributed by atoms with Crippen molar-refractivity contribution in [2.75, 3.05) is 0 Å². The molecule has 0 amide bonds. The number of nitrogens with zero attached hydrogens (tertiary/aromatic N) is 1. The molecule has 3 nitrogen and oxygen atoms in total. The van der Waals surface area contributed by atoms with Crippen molar-refractivity contribution in [3.8, 4) is 5.69 Å². The number of ether oxygens (including phenoxy) is 1. The molecule has 0 aliphatic carbocycles. The molecule has 128 valence electrons. The molecule has 3 aromatic rings. The van der Waals surface area contributed by atoms with Crippen molar-refractivity contribution in [1.82, 2.24) is 4.57 Å². The first kappa shape index (κ1) is 17.6. The van der Waals surface area contributed by atoms with E-state index in [0.717, 1.165) is 17.1 Å². The second-order valence-corrected chi connectivity index (χ2v) is 6.55. The first-order valence-electron chi connectivity index (χ1n) is 7.83. The third-order valence-electron chi connectivity index (χ3n) is 4.07. The van der Waals surface area contributed by atoms with Crippen LogP contribution >= 0.6 is 23.2 Å². The average molecular weight is 374 g/mol. The van der Waals surface area contributed by atoms with E-state index in [1.165, 1.54) is 0 Å². The predicted molar refractivity (Wildman–Crippen MR) is 101 cm³/mol. The van der Waals surface area contributed by atoms with Crippen molar-refractivity contribution in [3.05, 3.63) is 87.2 Å². The molecule has 0 unspecified atom stereocenters. The van der Waals surface area contributed by atoms with Crippen LogP contribution in [0.25, 0.3) is 5.69 Å². The molecule has 0 saturated carbocycles. The highest BCUT2D eigenvalue weighted by Crippen LogP contribution is 2.26. The highest BCUT2D eigenvalue weighted by Gasteiger charge is 2.18. The molecule has 0 bridgehead atoms. The fourth-order valence-corrected chi connectivity index (χ4v) is 3.34. The number of rotatable bonds is 4. The molecule has 0 radical (unpaired) electrons. The van der Waals surface area contributed by atoms with Crippen LogP contribution in [0.2, 0.25) is 10.0 Å². The van der Waals surface area contributed by atoms with E-state index in [2.05, 4.69) is 0 Å². The summed E-state index contributed by atoms with van der Waals surface area (Å²) in [5.41, 5.74) is 3.94. The normalized spacial score (nSPS) is 10.7. The summed E-state index contributed by atoms with van der Waals surface area (Å²) in [6, 6.07) is 16.9. The standard InChI is InChI=1S/C20H17Cl2NO2/c1-13-11-16(14(2)23(13)15-7-4-3-5-8-15)20(24)25-12-17-18(21)9-6-10-19(17)22/h3-11H,12H2,1-2H3. The van der Waals surface area contributed by atoms with Gasteiger partial charge in [0.05, 0.1) is 5.56 Å². The Balaban J connectivity index is 1.84. The fourth-order valence-electron chi connectivity index (χ4n) is 2.83.